The van der Waals surface area contributed by atoms with Crippen LogP contribution in [-0.2, 0) is 0 Å². The zero-order valence-corrected chi connectivity index (χ0v) is 11.9. The Balaban J connectivity index is 2.14. The van der Waals surface area contributed by atoms with Crippen LogP contribution in [0.3, 0.4) is 0 Å². The zero-order valence-electron chi connectivity index (χ0n) is 11.9. The van der Waals surface area contributed by atoms with E-state index in [0.29, 0.717) is 6.54 Å². The van der Waals surface area contributed by atoms with E-state index in [2.05, 4.69) is 50.1 Å². The van der Waals surface area contributed by atoms with Gasteiger partial charge in [-0.25, -0.2) is 0 Å². The summed E-state index contributed by atoms with van der Waals surface area (Å²) >= 11 is 0. The Labute approximate surface area is 111 Å². The third-order valence-corrected chi connectivity index (χ3v) is 4.59. The summed E-state index contributed by atoms with van der Waals surface area (Å²) in [5.41, 5.74) is 8.74. The van der Waals surface area contributed by atoms with Crippen molar-refractivity contribution in [3.05, 3.63) is 29.8 Å². The van der Waals surface area contributed by atoms with Crippen molar-refractivity contribution in [2.75, 3.05) is 18.5 Å². The SMILES string of the molecule is Cc1cccc(N(C)C(C)(CN)CC2CCC2)c1. The molecule has 1 aromatic carbocycles. The van der Waals surface area contributed by atoms with Gasteiger partial charge in [-0.3, -0.25) is 0 Å². The van der Waals surface area contributed by atoms with Crippen LogP contribution in [0.15, 0.2) is 24.3 Å². The molecule has 0 saturated heterocycles. The molecule has 2 rings (SSSR count). The van der Waals surface area contributed by atoms with Gasteiger partial charge in [0.2, 0.25) is 0 Å². The van der Waals surface area contributed by atoms with Gasteiger partial charge in [-0.05, 0) is 43.9 Å². The Morgan fingerprint density at radius 2 is 2.11 bits per heavy atom. The molecule has 0 aliphatic heterocycles. The molecule has 100 valence electrons. The van der Waals surface area contributed by atoms with Gasteiger partial charge in [-0.15, -0.1) is 0 Å². The first-order valence-electron chi connectivity index (χ1n) is 7.06. The molecule has 2 heteroatoms. The van der Waals surface area contributed by atoms with Gasteiger partial charge in [0.15, 0.2) is 0 Å². The number of benzene rings is 1. The van der Waals surface area contributed by atoms with Gasteiger partial charge in [0.05, 0.1) is 0 Å². The maximum Gasteiger partial charge on any atom is 0.0495 e. The second-order valence-corrected chi connectivity index (χ2v) is 6.10. The monoisotopic (exact) mass is 246 g/mol. The van der Waals surface area contributed by atoms with Gasteiger partial charge in [-0.1, -0.05) is 31.4 Å². The summed E-state index contributed by atoms with van der Waals surface area (Å²) < 4.78 is 0. The van der Waals surface area contributed by atoms with E-state index in [1.54, 1.807) is 0 Å². The molecular weight excluding hydrogens is 220 g/mol. The molecule has 0 spiro atoms. The number of anilines is 1. The summed E-state index contributed by atoms with van der Waals surface area (Å²) in [6.45, 7) is 5.16. The summed E-state index contributed by atoms with van der Waals surface area (Å²) in [7, 11) is 2.18. The highest BCUT2D eigenvalue weighted by atomic mass is 15.2. The Kier molecular flexibility index (Phi) is 3.96. The smallest absolute Gasteiger partial charge is 0.0495 e. The molecule has 0 heterocycles. The Hall–Kier alpha value is -1.02. The lowest BCUT2D eigenvalue weighted by Crippen LogP contribution is -2.51. The van der Waals surface area contributed by atoms with Crippen molar-refractivity contribution in [1.29, 1.82) is 0 Å². The summed E-state index contributed by atoms with van der Waals surface area (Å²) in [6, 6.07) is 8.70. The lowest BCUT2D eigenvalue weighted by atomic mass is 9.76. The highest BCUT2D eigenvalue weighted by molar-refractivity contribution is 5.50. The number of hydrogen-bond acceptors (Lipinski definition) is 2. The number of rotatable bonds is 5. The van der Waals surface area contributed by atoms with Crippen molar-refractivity contribution >= 4 is 5.69 Å². The fourth-order valence-corrected chi connectivity index (χ4v) is 2.82. The molecule has 1 atom stereocenters. The Bertz CT molecular complexity index is 398. The minimum absolute atomic E-state index is 0.0822. The van der Waals surface area contributed by atoms with Crippen molar-refractivity contribution in [3.63, 3.8) is 0 Å². The van der Waals surface area contributed by atoms with Crippen LogP contribution in [0, 0.1) is 12.8 Å². The number of nitrogens with two attached hydrogens (primary N) is 1. The maximum atomic E-state index is 6.07. The highest BCUT2D eigenvalue weighted by Crippen LogP contribution is 2.36. The molecule has 1 aliphatic carbocycles. The second-order valence-electron chi connectivity index (χ2n) is 6.10. The predicted molar refractivity (Wildman–Crippen MR) is 79.0 cm³/mol. The largest absolute Gasteiger partial charge is 0.368 e. The lowest BCUT2D eigenvalue weighted by molar-refractivity contribution is 0.233. The fraction of sp³-hybridized carbons (Fsp3) is 0.625. The van der Waals surface area contributed by atoms with Gasteiger partial charge in [0, 0.05) is 24.8 Å². The molecule has 2 N–H and O–H groups in total. The summed E-state index contributed by atoms with van der Waals surface area (Å²) in [5.74, 6) is 0.880. The molecule has 1 fully saturated rings. The average Bonchev–Trinajstić information content (AvgIpc) is 2.32. The minimum Gasteiger partial charge on any atom is -0.368 e. The van der Waals surface area contributed by atoms with Crippen molar-refractivity contribution < 1.29 is 0 Å². The highest BCUT2D eigenvalue weighted by Gasteiger charge is 2.33. The number of aryl methyl sites for hydroxylation is 1. The number of hydrogen-bond donors (Lipinski definition) is 1. The van der Waals surface area contributed by atoms with Gasteiger partial charge in [0.25, 0.3) is 0 Å². The van der Waals surface area contributed by atoms with Gasteiger partial charge >= 0.3 is 0 Å². The Morgan fingerprint density at radius 3 is 2.61 bits per heavy atom. The molecular formula is C16H26N2. The van der Waals surface area contributed by atoms with E-state index in [1.807, 2.05) is 0 Å². The van der Waals surface area contributed by atoms with E-state index in [0.717, 1.165) is 5.92 Å². The molecule has 0 amide bonds. The average molecular weight is 246 g/mol. The van der Waals surface area contributed by atoms with E-state index >= 15 is 0 Å². The molecule has 1 aromatic rings. The van der Waals surface area contributed by atoms with Crippen molar-refractivity contribution in [1.82, 2.24) is 0 Å². The van der Waals surface area contributed by atoms with E-state index in [1.165, 1.54) is 36.9 Å². The number of likely N-dealkylation sites (N-methyl/N-ethyl adjacent to an activating group) is 1. The second kappa shape index (κ2) is 5.31. The van der Waals surface area contributed by atoms with Crippen molar-refractivity contribution in [3.8, 4) is 0 Å². The molecule has 0 aromatic heterocycles. The van der Waals surface area contributed by atoms with Crippen molar-refractivity contribution in [2.45, 2.75) is 45.1 Å². The molecule has 1 unspecified atom stereocenters. The lowest BCUT2D eigenvalue weighted by Gasteiger charge is -2.44. The Morgan fingerprint density at radius 1 is 1.39 bits per heavy atom. The van der Waals surface area contributed by atoms with Crippen LogP contribution in [-0.4, -0.2) is 19.1 Å². The maximum absolute atomic E-state index is 6.07. The van der Waals surface area contributed by atoms with E-state index in [-0.39, 0.29) is 5.54 Å². The molecule has 1 aliphatic rings. The van der Waals surface area contributed by atoms with E-state index in [4.69, 9.17) is 5.73 Å². The molecule has 2 nitrogen and oxygen atoms in total. The first-order valence-corrected chi connectivity index (χ1v) is 7.06. The quantitative estimate of drug-likeness (QED) is 0.863. The van der Waals surface area contributed by atoms with Crippen LogP contribution in [0.1, 0.15) is 38.2 Å². The first kappa shape index (κ1) is 13.4. The van der Waals surface area contributed by atoms with Crippen LogP contribution in [0.5, 0.6) is 0 Å². The minimum atomic E-state index is 0.0822. The van der Waals surface area contributed by atoms with Crippen LogP contribution in [0.4, 0.5) is 5.69 Å². The fourth-order valence-electron chi connectivity index (χ4n) is 2.82. The molecule has 1 saturated carbocycles. The summed E-state index contributed by atoms with van der Waals surface area (Å²) in [4.78, 5) is 2.37. The van der Waals surface area contributed by atoms with E-state index in [9.17, 15) is 0 Å². The topological polar surface area (TPSA) is 29.3 Å². The third kappa shape index (κ3) is 2.69. The van der Waals surface area contributed by atoms with Gasteiger partial charge < -0.3 is 10.6 Å². The van der Waals surface area contributed by atoms with E-state index < -0.39 is 0 Å². The third-order valence-electron chi connectivity index (χ3n) is 4.59. The summed E-state index contributed by atoms with van der Waals surface area (Å²) in [5, 5.41) is 0. The zero-order chi connectivity index (χ0) is 13.2. The standard InChI is InChI=1S/C16H26N2/c1-13-6-4-9-15(10-13)18(3)16(2,12-17)11-14-7-5-8-14/h4,6,9-10,14H,5,7-8,11-12,17H2,1-3H3. The van der Waals surface area contributed by atoms with Gasteiger partial charge in [-0.2, -0.15) is 0 Å². The van der Waals surface area contributed by atoms with Crippen LogP contribution < -0.4 is 10.6 Å². The van der Waals surface area contributed by atoms with Gasteiger partial charge in [0.1, 0.15) is 0 Å². The first-order chi connectivity index (χ1) is 8.55. The predicted octanol–water partition coefficient (Wildman–Crippen LogP) is 3.34. The van der Waals surface area contributed by atoms with Crippen molar-refractivity contribution in [2.24, 2.45) is 11.7 Å². The molecule has 0 radical (unpaired) electrons. The molecule has 0 bridgehead atoms. The normalized spacial score (nSPS) is 19.1. The molecule has 18 heavy (non-hydrogen) atoms. The summed E-state index contributed by atoms with van der Waals surface area (Å²) in [6.07, 6.45) is 5.39. The number of nitrogens with zero attached hydrogens (tertiary/aromatic N) is 1. The van der Waals surface area contributed by atoms with Crippen LogP contribution in [0.25, 0.3) is 0 Å². The van der Waals surface area contributed by atoms with Crippen LogP contribution in [0.2, 0.25) is 0 Å². The van der Waals surface area contributed by atoms with Crippen LogP contribution >= 0.6 is 0 Å².